The molecule has 27 heavy (non-hydrogen) atoms. The summed E-state index contributed by atoms with van der Waals surface area (Å²) in [5, 5.41) is 5.60. The van der Waals surface area contributed by atoms with E-state index in [1.54, 1.807) is 26.1 Å². The van der Waals surface area contributed by atoms with Gasteiger partial charge in [0.05, 0.1) is 35.4 Å². The second kappa shape index (κ2) is 6.15. The number of benzene rings is 1. The highest BCUT2D eigenvalue weighted by molar-refractivity contribution is 5.83. The van der Waals surface area contributed by atoms with Gasteiger partial charge in [0, 0.05) is 12.4 Å². The molecule has 8 nitrogen and oxygen atoms in total. The largest absolute Gasteiger partial charge is 0.331 e. The molecule has 1 aromatic carbocycles. The molecule has 0 aliphatic carbocycles. The van der Waals surface area contributed by atoms with Crippen LogP contribution < -0.4 is 11.1 Å². The molecule has 0 saturated heterocycles. The molecule has 3 heterocycles. The number of nitrogens with zero attached hydrogens (tertiary/aromatic N) is 5. The molecule has 0 atom stereocenters. The van der Waals surface area contributed by atoms with Crippen molar-refractivity contribution < 1.29 is 4.79 Å². The van der Waals surface area contributed by atoms with Crippen LogP contribution in [0.15, 0.2) is 33.9 Å². The summed E-state index contributed by atoms with van der Waals surface area (Å²) in [4.78, 5) is 43.7. The van der Waals surface area contributed by atoms with Crippen molar-refractivity contribution in [3.8, 4) is 0 Å². The summed E-state index contributed by atoms with van der Waals surface area (Å²) in [7, 11) is 1.66. The molecule has 4 rings (SSSR count). The summed E-state index contributed by atoms with van der Waals surface area (Å²) in [6.45, 7) is 3.87. The van der Waals surface area contributed by atoms with Crippen molar-refractivity contribution in [1.82, 2.24) is 24.2 Å². The number of rotatable bonds is 2. The van der Waals surface area contributed by atoms with Crippen molar-refractivity contribution >= 4 is 16.7 Å². The van der Waals surface area contributed by atoms with Crippen molar-refractivity contribution in [3.63, 3.8) is 0 Å². The molecule has 1 aliphatic heterocycles. The lowest BCUT2D eigenvalue weighted by Gasteiger charge is -2.16. The van der Waals surface area contributed by atoms with E-state index in [1.165, 1.54) is 14.1 Å². The monoisotopic (exact) mass is 365 g/mol. The fourth-order valence-electron chi connectivity index (χ4n) is 3.44. The maximum absolute atomic E-state index is 12.8. The Hall–Kier alpha value is -3.29. The van der Waals surface area contributed by atoms with Crippen LogP contribution in [0.3, 0.4) is 0 Å². The highest BCUT2D eigenvalue weighted by Crippen LogP contribution is 2.18. The van der Waals surface area contributed by atoms with Crippen LogP contribution in [0.4, 0.5) is 0 Å². The van der Waals surface area contributed by atoms with Gasteiger partial charge in [0.15, 0.2) is 0 Å². The standard InChI is InChI=1S/C19H19N5O3/c1-11-13-6-4-5-7-14(13)19(27)24(21-11)10-17(25)23-8-15-16(9-23)20-12(2)22(3)18(15)26/h4-7H,8-10H2,1-3H3. The number of hydrogen-bond acceptors (Lipinski definition) is 5. The molecule has 138 valence electrons. The van der Waals surface area contributed by atoms with Crippen LogP contribution in [0.5, 0.6) is 0 Å². The van der Waals surface area contributed by atoms with E-state index in [0.717, 1.165) is 5.39 Å². The van der Waals surface area contributed by atoms with Crippen LogP contribution in [0, 0.1) is 13.8 Å². The number of amides is 1. The van der Waals surface area contributed by atoms with Gasteiger partial charge < -0.3 is 4.90 Å². The van der Waals surface area contributed by atoms with Crippen molar-refractivity contribution in [3.05, 3.63) is 67.7 Å². The summed E-state index contributed by atoms with van der Waals surface area (Å²) in [5.74, 6) is 0.341. The Morgan fingerprint density at radius 1 is 1.07 bits per heavy atom. The van der Waals surface area contributed by atoms with Gasteiger partial charge in [0.1, 0.15) is 12.4 Å². The molecule has 0 fully saturated rings. The lowest BCUT2D eigenvalue weighted by atomic mass is 10.1. The van der Waals surface area contributed by atoms with Crippen molar-refractivity contribution in [2.75, 3.05) is 0 Å². The Balaban J connectivity index is 1.64. The third-order valence-electron chi connectivity index (χ3n) is 5.07. The van der Waals surface area contributed by atoms with Gasteiger partial charge >= 0.3 is 0 Å². The number of hydrogen-bond donors (Lipinski definition) is 0. The molecule has 0 N–H and O–H groups in total. The summed E-state index contributed by atoms with van der Waals surface area (Å²) in [6.07, 6.45) is 0. The normalized spacial score (nSPS) is 13.2. The lowest BCUT2D eigenvalue weighted by Crippen LogP contribution is -2.35. The molecule has 0 bridgehead atoms. The third-order valence-corrected chi connectivity index (χ3v) is 5.07. The molecule has 0 spiro atoms. The molecule has 2 aromatic heterocycles. The number of carbonyl (C=O) groups is 1. The Morgan fingerprint density at radius 3 is 2.52 bits per heavy atom. The zero-order valence-corrected chi connectivity index (χ0v) is 15.4. The maximum Gasteiger partial charge on any atom is 0.275 e. The number of carbonyl (C=O) groups excluding carboxylic acids is 1. The van der Waals surface area contributed by atoms with E-state index in [-0.39, 0.29) is 36.7 Å². The van der Waals surface area contributed by atoms with Crippen LogP contribution in [0.25, 0.3) is 10.8 Å². The maximum atomic E-state index is 12.8. The highest BCUT2D eigenvalue weighted by Gasteiger charge is 2.28. The summed E-state index contributed by atoms with van der Waals surface area (Å²) >= 11 is 0. The average Bonchev–Trinajstić information content (AvgIpc) is 3.08. The van der Waals surface area contributed by atoms with E-state index < -0.39 is 0 Å². The summed E-state index contributed by atoms with van der Waals surface area (Å²) in [5.41, 5.74) is 1.41. The van der Waals surface area contributed by atoms with Gasteiger partial charge in [0.25, 0.3) is 11.1 Å². The molecule has 1 amide bonds. The van der Waals surface area contributed by atoms with E-state index in [0.29, 0.717) is 28.2 Å². The van der Waals surface area contributed by atoms with E-state index in [9.17, 15) is 14.4 Å². The molecule has 0 saturated carbocycles. The van der Waals surface area contributed by atoms with Gasteiger partial charge in [-0.3, -0.25) is 19.0 Å². The Labute approximate surface area is 154 Å². The minimum absolute atomic E-state index is 0.135. The van der Waals surface area contributed by atoms with Crippen LogP contribution in [-0.4, -0.2) is 30.1 Å². The van der Waals surface area contributed by atoms with Crippen molar-refractivity contribution in [1.29, 1.82) is 0 Å². The first-order chi connectivity index (χ1) is 12.9. The first kappa shape index (κ1) is 17.1. The first-order valence-electron chi connectivity index (χ1n) is 8.66. The van der Waals surface area contributed by atoms with Crippen LogP contribution in [0.1, 0.15) is 22.8 Å². The fraction of sp³-hybridized carbons (Fsp3) is 0.316. The zero-order valence-electron chi connectivity index (χ0n) is 15.4. The van der Waals surface area contributed by atoms with Gasteiger partial charge in [-0.2, -0.15) is 5.10 Å². The smallest absolute Gasteiger partial charge is 0.275 e. The highest BCUT2D eigenvalue weighted by atomic mass is 16.2. The molecule has 8 heteroatoms. The van der Waals surface area contributed by atoms with Crippen molar-refractivity contribution in [2.24, 2.45) is 7.05 Å². The fourth-order valence-corrected chi connectivity index (χ4v) is 3.44. The topological polar surface area (TPSA) is 90.1 Å². The zero-order chi connectivity index (χ0) is 19.3. The van der Waals surface area contributed by atoms with Crippen LogP contribution in [-0.2, 0) is 31.5 Å². The second-order valence-corrected chi connectivity index (χ2v) is 6.79. The summed E-state index contributed by atoms with van der Waals surface area (Å²) < 4.78 is 2.67. The Morgan fingerprint density at radius 2 is 1.78 bits per heavy atom. The Bertz CT molecular complexity index is 1210. The van der Waals surface area contributed by atoms with Gasteiger partial charge in [-0.15, -0.1) is 0 Å². The molecule has 0 unspecified atom stereocenters. The molecule has 3 aromatic rings. The molecular weight excluding hydrogens is 346 g/mol. The van der Waals surface area contributed by atoms with Gasteiger partial charge in [0.2, 0.25) is 5.91 Å². The molecule has 1 aliphatic rings. The quantitative estimate of drug-likeness (QED) is 0.665. The number of aromatic nitrogens is 4. The summed E-state index contributed by atoms with van der Waals surface area (Å²) in [6, 6.07) is 7.21. The lowest BCUT2D eigenvalue weighted by molar-refractivity contribution is -0.132. The third kappa shape index (κ3) is 2.73. The van der Waals surface area contributed by atoms with E-state index >= 15 is 0 Å². The van der Waals surface area contributed by atoms with Gasteiger partial charge in [-0.05, 0) is 19.9 Å². The van der Waals surface area contributed by atoms with E-state index in [4.69, 9.17) is 0 Å². The predicted octanol–water partition coefficient (Wildman–Crippen LogP) is 0.649. The van der Waals surface area contributed by atoms with Crippen molar-refractivity contribution in [2.45, 2.75) is 33.5 Å². The first-order valence-corrected chi connectivity index (χ1v) is 8.66. The molecular formula is C19H19N5O3. The number of aryl methyl sites for hydroxylation is 2. The van der Waals surface area contributed by atoms with Crippen LogP contribution in [0.2, 0.25) is 0 Å². The molecule has 0 radical (unpaired) electrons. The Kier molecular flexibility index (Phi) is 3.91. The second-order valence-electron chi connectivity index (χ2n) is 6.79. The van der Waals surface area contributed by atoms with E-state index in [1.807, 2.05) is 19.1 Å². The average molecular weight is 365 g/mol. The van der Waals surface area contributed by atoms with Gasteiger partial charge in [-0.1, -0.05) is 18.2 Å². The van der Waals surface area contributed by atoms with Gasteiger partial charge in [-0.25, -0.2) is 9.67 Å². The SMILES string of the molecule is Cc1nn(CC(=O)N2Cc3nc(C)n(C)c(=O)c3C2)c(=O)c2ccccc12. The van der Waals surface area contributed by atoms with E-state index in [2.05, 4.69) is 10.1 Å². The minimum Gasteiger partial charge on any atom is -0.331 e. The number of fused-ring (bicyclic) bond motifs is 2. The predicted molar refractivity (Wildman–Crippen MR) is 99.2 cm³/mol. The minimum atomic E-state index is -0.300. The van der Waals surface area contributed by atoms with Crippen LogP contribution >= 0.6 is 0 Å².